The molecule has 0 saturated carbocycles. The molecule has 0 aliphatic rings. The van der Waals surface area contributed by atoms with E-state index in [0.29, 0.717) is 6.92 Å². The zero-order valence-corrected chi connectivity index (χ0v) is 12.1. The van der Waals surface area contributed by atoms with Crippen molar-refractivity contribution >= 4 is 5.97 Å². The van der Waals surface area contributed by atoms with Gasteiger partial charge in [0.2, 0.25) is 0 Å². The predicted molar refractivity (Wildman–Crippen MR) is 56.3 cm³/mol. The van der Waals surface area contributed by atoms with Crippen LogP contribution in [0.15, 0.2) is 12.2 Å². The quantitative estimate of drug-likeness (QED) is 0.355. The molecule has 0 fully saturated rings. The van der Waals surface area contributed by atoms with E-state index in [1.165, 1.54) is 0 Å². The topological polar surface area (TPSA) is 26.3 Å². The van der Waals surface area contributed by atoms with E-state index in [2.05, 4.69) is 11.3 Å². The first-order valence-electron chi connectivity index (χ1n) is 5.86. The number of hydrogen-bond acceptors (Lipinski definition) is 2. The van der Waals surface area contributed by atoms with E-state index >= 15 is 0 Å². The van der Waals surface area contributed by atoms with E-state index in [1.54, 1.807) is 0 Å². The predicted octanol–water partition coefficient (Wildman–Crippen LogP) is 5.05. The molecule has 0 aliphatic heterocycles. The minimum Gasteiger partial charge on any atom is -0.461 e. The maximum Gasteiger partial charge on any atom is 0.459 e. The SMILES string of the molecule is C=C(C)C(=O)OCC(C(F)(F)F)(C(F)(F)F)C(F)(F)C(F)(F)C(F)(F)F. The van der Waals surface area contributed by atoms with Crippen LogP contribution in [0.1, 0.15) is 6.92 Å². The third-order valence-electron chi connectivity index (χ3n) is 3.02. The van der Waals surface area contributed by atoms with Crippen molar-refractivity contribution in [1.82, 2.24) is 0 Å². The number of rotatable bonds is 5. The van der Waals surface area contributed by atoms with Crippen molar-refractivity contribution in [2.75, 3.05) is 6.61 Å². The van der Waals surface area contributed by atoms with Gasteiger partial charge in [-0.25, -0.2) is 4.79 Å². The van der Waals surface area contributed by atoms with Gasteiger partial charge in [-0.3, -0.25) is 0 Å². The van der Waals surface area contributed by atoms with Crippen molar-refractivity contribution in [2.24, 2.45) is 5.41 Å². The second-order valence-electron chi connectivity index (χ2n) is 4.90. The first-order valence-corrected chi connectivity index (χ1v) is 5.86. The average Bonchev–Trinajstić information content (AvgIpc) is 2.33. The summed E-state index contributed by atoms with van der Waals surface area (Å²) >= 11 is 0. The molecule has 0 bridgehead atoms. The molecular formula is C11H7F13O2. The lowest BCUT2D eigenvalue weighted by Gasteiger charge is -2.44. The Balaban J connectivity index is 6.76. The lowest BCUT2D eigenvalue weighted by molar-refractivity contribution is -0.464. The number of esters is 1. The van der Waals surface area contributed by atoms with Gasteiger partial charge < -0.3 is 4.74 Å². The number of hydrogen-bond donors (Lipinski definition) is 0. The first-order chi connectivity index (χ1) is 11.1. The molecule has 0 rings (SSSR count). The zero-order chi connectivity index (χ0) is 21.6. The van der Waals surface area contributed by atoms with Gasteiger partial charge in [-0.2, -0.15) is 57.1 Å². The minimum absolute atomic E-state index is 0.633. The highest BCUT2D eigenvalue weighted by Gasteiger charge is 2.92. The van der Waals surface area contributed by atoms with Crippen LogP contribution in [0.2, 0.25) is 0 Å². The average molecular weight is 418 g/mol. The number of carbonyl (C=O) groups is 1. The fourth-order valence-corrected chi connectivity index (χ4v) is 1.51. The summed E-state index contributed by atoms with van der Waals surface area (Å²) in [6.07, 6.45) is -22.4. The lowest BCUT2D eigenvalue weighted by Crippen LogP contribution is -2.72. The molecule has 0 unspecified atom stereocenters. The molecule has 154 valence electrons. The zero-order valence-electron chi connectivity index (χ0n) is 12.1. The summed E-state index contributed by atoms with van der Waals surface area (Å²) in [6.45, 7) is -0.283. The third kappa shape index (κ3) is 3.56. The van der Waals surface area contributed by atoms with Crippen LogP contribution in [-0.4, -0.2) is 43.0 Å². The van der Waals surface area contributed by atoms with Gasteiger partial charge in [0.1, 0.15) is 6.61 Å². The Morgan fingerprint density at radius 2 is 1.08 bits per heavy atom. The summed E-state index contributed by atoms with van der Waals surface area (Å²) in [5.41, 5.74) is -7.99. The van der Waals surface area contributed by atoms with Crippen LogP contribution in [0.4, 0.5) is 57.1 Å². The number of ether oxygens (including phenoxy) is 1. The summed E-state index contributed by atoms with van der Waals surface area (Å²) in [7, 11) is 0. The maximum absolute atomic E-state index is 13.5. The van der Waals surface area contributed by atoms with Crippen molar-refractivity contribution in [3.8, 4) is 0 Å². The molecule has 0 N–H and O–H groups in total. The van der Waals surface area contributed by atoms with Gasteiger partial charge in [0.15, 0.2) is 0 Å². The summed E-state index contributed by atoms with van der Waals surface area (Å²) in [5.74, 6) is -17.8. The summed E-state index contributed by atoms with van der Waals surface area (Å²) in [6, 6.07) is 0. The second kappa shape index (κ2) is 6.48. The number of carbonyl (C=O) groups excluding carboxylic acids is 1. The van der Waals surface area contributed by atoms with Crippen molar-refractivity contribution in [3.05, 3.63) is 12.2 Å². The van der Waals surface area contributed by atoms with Gasteiger partial charge >= 0.3 is 36.3 Å². The molecule has 0 radical (unpaired) electrons. The van der Waals surface area contributed by atoms with E-state index in [1.807, 2.05) is 0 Å². The molecule has 0 amide bonds. The highest BCUT2D eigenvalue weighted by molar-refractivity contribution is 5.86. The normalized spacial score (nSPS) is 15.0. The van der Waals surface area contributed by atoms with Gasteiger partial charge in [-0.15, -0.1) is 0 Å². The molecule has 0 atom stereocenters. The van der Waals surface area contributed by atoms with E-state index in [-0.39, 0.29) is 0 Å². The highest BCUT2D eigenvalue weighted by atomic mass is 19.4. The lowest BCUT2D eigenvalue weighted by atomic mass is 9.76. The van der Waals surface area contributed by atoms with Gasteiger partial charge in [0, 0.05) is 5.57 Å². The molecule has 0 aromatic rings. The number of alkyl halides is 13. The molecule has 26 heavy (non-hydrogen) atoms. The molecule has 0 heterocycles. The van der Waals surface area contributed by atoms with Gasteiger partial charge in [0.05, 0.1) is 0 Å². The Labute approximate surface area is 135 Å². The summed E-state index contributed by atoms with van der Waals surface area (Å²) in [5, 5.41) is 0. The Morgan fingerprint density at radius 1 is 0.731 bits per heavy atom. The van der Waals surface area contributed by atoms with Crippen molar-refractivity contribution in [2.45, 2.75) is 37.3 Å². The molecule has 0 aliphatic carbocycles. The molecule has 2 nitrogen and oxygen atoms in total. The van der Waals surface area contributed by atoms with Gasteiger partial charge in [-0.05, 0) is 6.92 Å². The van der Waals surface area contributed by atoms with Gasteiger partial charge in [-0.1, -0.05) is 6.58 Å². The van der Waals surface area contributed by atoms with Crippen LogP contribution in [0.3, 0.4) is 0 Å². The smallest absolute Gasteiger partial charge is 0.459 e. The Morgan fingerprint density at radius 3 is 1.31 bits per heavy atom. The first kappa shape index (κ1) is 24.3. The minimum atomic E-state index is -7.83. The standard InChI is InChI=1S/C11H7F13O2/c1-4(2)5(25)26-3-6(9(16,17)18,10(19,20)21)7(12,13)8(14,15)11(22,23)24/h1,3H2,2H3. The van der Waals surface area contributed by atoms with Crippen molar-refractivity contribution < 1.29 is 66.6 Å². The molecular weight excluding hydrogens is 411 g/mol. The molecule has 0 aromatic heterocycles. The van der Waals surface area contributed by atoms with Crippen molar-refractivity contribution in [3.63, 3.8) is 0 Å². The summed E-state index contributed by atoms with van der Waals surface area (Å²) < 4.78 is 169. The Bertz CT molecular complexity index is 538. The van der Waals surface area contributed by atoms with Crippen LogP contribution >= 0.6 is 0 Å². The molecule has 0 spiro atoms. The number of halogens is 13. The molecule has 15 heteroatoms. The summed E-state index contributed by atoms with van der Waals surface area (Å²) in [4.78, 5) is 10.9. The molecule has 0 aromatic carbocycles. The maximum atomic E-state index is 13.5. The van der Waals surface area contributed by atoms with Crippen LogP contribution in [0.5, 0.6) is 0 Å². The van der Waals surface area contributed by atoms with E-state index in [4.69, 9.17) is 0 Å². The monoisotopic (exact) mass is 418 g/mol. The largest absolute Gasteiger partial charge is 0.461 e. The van der Waals surface area contributed by atoms with Gasteiger partial charge in [0.25, 0.3) is 5.41 Å². The van der Waals surface area contributed by atoms with E-state index in [9.17, 15) is 61.9 Å². The van der Waals surface area contributed by atoms with Crippen molar-refractivity contribution in [1.29, 1.82) is 0 Å². The van der Waals surface area contributed by atoms with Crippen LogP contribution < -0.4 is 0 Å². The van der Waals surface area contributed by atoms with E-state index < -0.39 is 53.9 Å². The van der Waals surface area contributed by atoms with E-state index in [0.717, 1.165) is 0 Å². The third-order valence-corrected chi connectivity index (χ3v) is 3.02. The Hall–Kier alpha value is -1.70. The fraction of sp³-hybridized carbons (Fsp3) is 0.727. The highest BCUT2D eigenvalue weighted by Crippen LogP contribution is 2.65. The molecule has 0 saturated heterocycles. The Kier molecular flexibility index (Phi) is 6.05. The van der Waals surface area contributed by atoms with Crippen LogP contribution in [0.25, 0.3) is 0 Å². The van der Waals surface area contributed by atoms with Crippen LogP contribution in [0, 0.1) is 5.41 Å². The second-order valence-corrected chi connectivity index (χ2v) is 4.90. The van der Waals surface area contributed by atoms with Crippen LogP contribution in [-0.2, 0) is 9.53 Å². The fourth-order valence-electron chi connectivity index (χ4n) is 1.51.